The summed E-state index contributed by atoms with van der Waals surface area (Å²) in [6.07, 6.45) is 0. The van der Waals surface area contributed by atoms with Crippen molar-refractivity contribution in [3.05, 3.63) is 46.7 Å². The molecule has 1 heterocycles. The number of hydrogen-bond donors (Lipinski definition) is 1. The van der Waals surface area contributed by atoms with Crippen LogP contribution in [0.25, 0.3) is 0 Å². The lowest BCUT2D eigenvalue weighted by molar-refractivity contribution is 0.337. The molecule has 1 aromatic heterocycles. The molecule has 2 aromatic rings. The lowest BCUT2D eigenvalue weighted by Crippen LogP contribution is -2.30. The third-order valence-corrected chi connectivity index (χ3v) is 5.52. The van der Waals surface area contributed by atoms with Crippen molar-refractivity contribution in [1.29, 1.82) is 0 Å². The van der Waals surface area contributed by atoms with Crippen LogP contribution in [0.3, 0.4) is 0 Å². The fourth-order valence-corrected chi connectivity index (χ4v) is 3.53. The van der Waals surface area contributed by atoms with Crippen LogP contribution >= 0.6 is 11.3 Å². The van der Waals surface area contributed by atoms with Crippen molar-refractivity contribution < 1.29 is 13.2 Å². The van der Waals surface area contributed by atoms with Gasteiger partial charge in [0.25, 0.3) is 0 Å². The number of rotatable bonds is 7. The third-order valence-electron chi connectivity index (χ3n) is 2.90. The van der Waals surface area contributed by atoms with Gasteiger partial charge in [0.05, 0.1) is 5.75 Å². The summed E-state index contributed by atoms with van der Waals surface area (Å²) in [5.74, 6) is 0.509. The Labute approximate surface area is 129 Å². The minimum atomic E-state index is -3.33. The van der Waals surface area contributed by atoms with Gasteiger partial charge in [-0.15, -0.1) is 11.3 Å². The normalized spacial score (nSPS) is 11.7. The van der Waals surface area contributed by atoms with Crippen LogP contribution in [0.4, 0.5) is 5.69 Å². The molecule has 0 fully saturated rings. The Morgan fingerprint density at radius 3 is 2.76 bits per heavy atom. The molecular formula is C14H18N2O3S2. The minimum absolute atomic E-state index is 0.0658. The molecule has 5 nitrogen and oxygen atoms in total. The first kappa shape index (κ1) is 15.8. The van der Waals surface area contributed by atoms with Gasteiger partial charge in [-0.05, 0) is 23.6 Å². The number of nitrogens with two attached hydrogens (primary N) is 1. The van der Waals surface area contributed by atoms with Gasteiger partial charge < -0.3 is 10.5 Å². The van der Waals surface area contributed by atoms with Gasteiger partial charge in [0.1, 0.15) is 12.4 Å². The maximum absolute atomic E-state index is 12.1. The van der Waals surface area contributed by atoms with Crippen molar-refractivity contribution >= 4 is 27.0 Å². The number of sulfonamides is 1. The summed E-state index contributed by atoms with van der Waals surface area (Å²) in [7, 11) is -1.75. The molecule has 0 saturated heterocycles. The highest BCUT2D eigenvalue weighted by molar-refractivity contribution is 7.89. The Morgan fingerprint density at radius 2 is 2.10 bits per heavy atom. The van der Waals surface area contributed by atoms with Crippen LogP contribution in [0, 0.1) is 0 Å². The molecule has 0 aliphatic carbocycles. The van der Waals surface area contributed by atoms with Gasteiger partial charge in [0.2, 0.25) is 10.0 Å². The summed E-state index contributed by atoms with van der Waals surface area (Å²) in [6, 6.07) is 10.8. The van der Waals surface area contributed by atoms with Gasteiger partial charge in [0, 0.05) is 30.2 Å². The summed E-state index contributed by atoms with van der Waals surface area (Å²) in [4.78, 5) is 1.01. The number of anilines is 1. The smallest absolute Gasteiger partial charge is 0.217 e. The largest absolute Gasteiger partial charge is 0.492 e. The van der Waals surface area contributed by atoms with Crippen molar-refractivity contribution in [1.82, 2.24) is 4.31 Å². The molecule has 0 radical (unpaired) electrons. The Bertz CT molecular complexity index is 669. The highest BCUT2D eigenvalue weighted by atomic mass is 32.2. The molecule has 0 spiro atoms. The maximum atomic E-state index is 12.1. The van der Waals surface area contributed by atoms with Crippen LogP contribution in [0.15, 0.2) is 41.8 Å². The predicted molar refractivity (Wildman–Crippen MR) is 85.9 cm³/mol. The van der Waals surface area contributed by atoms with Crippen molar-refractivity contribution in [2.75, 3.05) is 25.1 Å². The number of thiophene rings is 1. The second-order valence-electron chi connectivity index (χ2n) is 4.57. The lowest BCUT2D eigenvalue weighted by atomic mass is 10.3. The van der Waals surface area contributed by atoms with Crippen LogP contribution in [0.5, 0.6) is 5.75 Å². The predicted octanol–water partition coefficient (Wildman–Crippen LogP) is 2.17. The number of benzene rings is 1. The maximum Gasteiger partial charge on any atom is 0.217 e. The fourth-order valence-electron chi connectivity index (χ4n) is 1.75. The van der Waals surface area contributed by atoms with E-state index in [2.05, 4.69) is 0 Å². The van der Waals surface area contributed by atoms with Crippen LogP contribution in [0.1, 0.15) is 4.88 Å². The lowest BCUT2D eigenvalue weighted by Gasteiger charge is -2.16. The zero-order valence-corrected chi connectivity index (χ0v) is 13.4. The van der Waals surface area contributed by atoms with Crippen LogP contribution < -0.4 is 10.5 Å². The summed E-state index contributed by atoms with van der Waals surface area (Å²) < 4.78 is 31.1. The molecule has 0 saturated carbocycles. The molecule has 0 unspecified atom stereocenters. The van der Waals surface area contributed by atoms with Crippen LogP contribution in [-0.4, -0.2) is 32.1 Å². The Hall–Kier alpha value is -1.57. The van der Waals surface area contributed by atoms with E-state index >= 15 is 0 Å². The van der Waals surface area contributed by atoms with Gasteiger partial charge in [0.15, 0.2) is 0 Å². The number of nitrogen functional groups attached to an aromatic ring is 1. The molecule has 2 N–H and O–H groups in total. The van der Waals surface area contributed by atoms with Crippen molar-refractivity contribution in [3.8, 4) is 5.75 Å². The third kappa shape index (κ3) is 4.73. The van der Waals surface area contributed by atoms with E-state index in [1.54, 1.807) is 31.3 Å². The van der Waals surface area contributed by atoms with Gasteiger partial charge in [-0.25, -0.2) is 8.42 Å². The standard InChI is InChI=1S/C14H18N2O3S2/c1-16(11-14-6-3-8-20-14)21(17,18)9-7-19-13-5-2-4-12(15)10-13/h2-6,8,10H,7,9,11,15H2,1H3. The monoisotopic (exact) mass is 326 g/mol. The molecule has 2 rings (SSSR count). The van der Waals surface area contributed by atoms with Crippen molar-refractivity contribution in [3.63, 3.8) is 0 Å². The second-order valence-corrected chi connectivity index (χ2v) is 7.80. The molecule has 1 aromatic carbocycles. The SMILES string of the molecule is CN(Cc1cccs1)S(=O)(=O)CCOc1cccc(N)c1. The van der Waals surface area contributed by atoms with Gasteiger partial charge in [-0.3, -0.25) is 0 Å². The first-order chi connectivity index (χ1) is 9.97. The Balaban J connectivity index is 1.86. The number of hydrogen-bond acceptors (Lipinski definition) is 5. The summed E-state index contributed by atoms with van der Waals surface area (Å²) >= 11 is 1.54. The van der Waals surface area contributed by atoms with E-state index in [1.165, 1.54) is 15.6 Å². The van der Waals surface area contributed by atoms with E-state index in [1.807, 2.05) is 17.5 Å². The first-order valence-corrected chi connectivity index (χ1v) is 8.91. The van der Waals surface area contributed by atoms with E-state index in [9.17, 15) is 8.42 Å². The van der Waals surface area contributed by atoms with E-state index in [0.29, 0.717) is 18.0 Å². The van der Waals surface area contributed by atoms with Crippen molar-refractivity contribution in [2.45, 2.75) is 6.54 Å². The molecular weight excluding hydrogens is 308 g/mol. The van der Waals surface area contributed by atoms with Crippen LogP contribution in [0.2, 0.25) is 0 Å². The molecule has 0 aliphatic heterocycles. The van der Waals surface area contributed by atoms with E-state index in [0.717, 1.165) is 4.88 Å². The molecule has 0 aliphatic rings. The molecule has 0 bridgehead atoms. The highest BCUT2D eigenvalue weighted by Gasteiger charge is 2.18. The van der Waals surface area contributed by atoms with Crippen molar-refractivity contribution in [2.24, 2.45) is 0 Å². The average molecular weight is 326 g/mol. The Kier molecular flexibility index (Phi) is 5.22. The molecule has 21 heavy (non-hydrogen) atoms. The number of ether oxygens (including phenoxy) is 1. The summed E-state index contributed by atoms with van der Waals surface area (Å²) in [5, 5.41) is 1.93. The number of nitrogens with zero attached hydrogens (tertiary/aromatic N) is 1. The van der Waals surface area contributed by atoms with Gasteiger partial charge >= 0.3 is 0 Å². The Morgan fingerprint density at radius 1 is 1.29 bits per heavy atom. The second kappa shape index (κ2) is 6.93. The van der Waals surface area contributed by atoms with Crippen LogP contribution in [-0.2, 0) is 16.6 Å². The molecule has 114 valence electrons. The highest BCUT2D eigenvalue weighted by Crippen LogP contribution is 2.16. The zero-order valence-electron chi connectivity index (χ0n) is 11.7. The van der Waals surface area contributed by atoms with E-state index in [-0.39, 0.29) is 12.4 Å². The van der Waals surface area contributed by atoms with Gasteiger partial charge in [-0.1, -0.05) is 12.1 Å². The van der Waals surface area contributed by atoms with E-state index < -0.39 is 10.0 Å². The fraction of sp³-hybridized carbons (Fsp3) is 0.286. The quantitative estimate of drug-likeness (QED) is 0.792. The molecule has 0 atom stereocenters. The summed E-state index contributed by atoms with van der Waals surface area (Å²) in [5.41, 5.74) is 6.22. The molecule has 7 heteroatoms. The van der Waals surface area contributed by atoms with Gasteiger partial charge in [-0.2, -0.15) is 4.31 Å². The summed E-state index contributed by atoms with van der Waals surface area (Å²) in [6.45, 7) is 0.485. The zero-order chi connectivity index (χ0) is 15.3. The topological polar surface area (TPSA) is 72.6 Å². The minimum Gasteiger partial charge on any atom is -0.492 e. The van der Waals surface area contributed by atoms with E-state index in [4.69, 9.17) is 10.5 Å². The first-order valence-electron chi connectivity index (χ1n) is 6.42. The molecule has 0 amide bonds. The average Bonchev–Trinajstić information content (AvgIpc) is 2.91.